The Morgan fingerprint density at radius 2 is 1.76 bits per heavy atom. The van der Waals surface area contributed by atoms with Crippen LogP contribution in [0.15, 0.2) is 48.5 Å². The summed E-state index contributed by atoms with van der Waals surface area (Å²) in [7, 11) is 0. The number of amides is 1. The van der Waals surface area contributed by atoms with Crippen molar-refractivity contribution in [2.75, 3.05) is 26.2 Å². The molecular weight excluding hydrogens is 407 g/mol. The Kier molecular flexibility index (Phi) is 5.90. The molecule has 1 N–H and O–H groups in total. The van der Waals surface area contributed by atoms with Gasteiger partial charge in [-0.15, -0.1) is 0 Å². The molecule has 5 nitrogen and oxygen atoms in total. The number of halogens is 2. The summed E-state index contributed by atoms with van der Waals surface area (Å²) in [4.78, 5) is 17.1. The van der Waals surface area contributed by atoms with Crippen LogP contribution in [0.25, 0.3) is 11.3 Å². The van der Waals surface area contributed by atoms with Crippen LogP contribution in [0.5, 0.6) is 0 Å². The second-order valence-electron chi connectivity index (χ2n) is 7.34. The highest BCUT2D eigenvalue weighted by Crippen LogP contribution is 2.29. The van der Waals surface area contributed by atoms with E-state index in [0.717, 1.165) is 25.2 Å². The van der Waals surface area contributed by atoms with Gasteiger partial charge in [-0.3, -0.25) is 14.8 Å². The average Bonchev–Trinajstić information content (AvgIpc) is 3.20. The zero-order valence-electron chi connectivity index (χ0n) is 16.2. The van der Waals surface area contributed by atoms with Crippen LogP contribution in [0.2, 0.25) is 10.0 Å². The fourth-order valence-electron chi connectivity index (χ4n) is 3.50. The fourth-order valence-corrected chi connectivity index (χ4v) is 4.00. The number of piperazine rings is 1. The second kappa shape index (κ2) is 8.57. The summed E-state index contributed by atoms with van der Waals surface area (Å²) in [5.74, 6) is -0.0381. The van der Waals surface area contributed by atoms with Crippen molar-refractivity contribution in [1.82, 2.24) is 20.0 Å². The van der Waals surface area contributed by atoms with E-state index in [2.05, 4.69) is 46.3 Å². The molecule has 7 heteroatoms. The molecule has 1 aliphatic rings. The van der Waals surface area contributed by atoms with Crippen LogP contribution in [0.1, 0.15) is 21.6 Å². The number of hydrogen-bond acceptors (Lipinski definition) is 3. The molecule has 1 fully saturated rings. The quantitative estimate of drug-likeness (QED) is 0.657. The van der Waals surface area contributed by atoms with Gasteiger partial charge in [-0.1, -0.05) is 53.0 Å². The van der Waals surface area contributed by atoms with E-state index < -0.39 is 0 Å². The van der Waals surface area contributed by atoms with Crippen LogP contribution < -0.4 is 0 Å². The number of aromatic nitrogens is 2. The molecule has 2 aromatic carbocycles. The first kappa shape index (κ1) is 20.0. The molecule has 1 amide bonds. The van der Waals surface area contributed by atoms with E-state index >= 15 is 0 Å². The Balaban J connectivity index is 1.37. The fraction of sp³-hybridized carbons (Fsp3) is 0.273. The Bertz CT molecular complexity index is 1010. The molecule has 1 aliphatic heterocycles. The lowest BCUT2D eigenvalue weighted by molar-refractivity contribution is 0.0622. The van der Waals surface area contributed by atoms with E-state index in [9.17, 15) is 4.79 Å². The van der Waals surface area contributed by atoms with E-state index in [4.69, 9.17) is 23.2 Å². The monoisotopic (exact) mass is 428 g/mol. The maximum atomic E-state index is 12.9. The lowest BCUT2D eigenvalue weighted by Gasteiger charge is -2.34. The van der Waals surface area contributed by atoms with Crippen molar-refractivity contribution in [2.45, 2.75) is 13.5 Å². The minimum Gasteiger partial charge on any atom is -0.335 e. The SMILES string of the molecule is Cc1ccc(CN2CCN(C(=O)c3cc(-c4ccc(Cl)cc4Cl)n[nH]3)CC2)cc1. The van der Waals surface area contributed by atoms with Gasteiger partial charge in [0.05, 0.1) is 10.7 Å². The lowest BCUT2D eigenvalue weighted by atomic mass is 10.1. The number of aryl methyl sites for hydroxylation is 1. The Morgan fingerprint density at radius 1 is 1.03 bits per heavy atom. The molecule has 2 heterocycles. The first-order chi connectivity index (χ1) is 14.0. The van der Waals surface area contributed by atoms with Crippen LogP contribution in [0.3, 0.4) is 0 Å². The largest absolute Gasteiger partial charge is 0.335 e. The zero-order chi connectivity index (χ0) is 20.4. The number of benzene rings is 2. The third-order valence-electron chi connectivity index (χ3n) is 5.20. The molecule has 0 bridgehead atoms. The van der Waals surface area contributed by atoms with Gasteiger partial charge < -0.3 is 4.90 Å². The number of rotatable bonds is 4. The molecule has 1 saturated heterocycles. The second-order valence-corrected chi connectivity index (χ2v) is 8.19. The van der Waals surface area contributed by atoms with Crippen LogP contribution in [-0.2, 0) is 6.54 Å². The molecule has 150 valence electrons. The van der Waals surface area contributed by atoms with Crippen LogP contribution >= 0.6 is 23.2 Å². The molecule has 0 radical (unpaired) electrons. The number of nitrogens with one attached hydrogen (secondary N) is 1. The standard InChI is InChI=1S/C22H22Cl2N4O/c1-15-2-4-16(5-3-15)14-27-8-10-28(11-9-27)22(29)21-13-20(25-26-21)18-7-6-17(23)12-19(18)24/h2-7,12-13H,8-11,14H2,1H3,(H,25,26). The summed E-state index contributed by atoms with van der Waals surface area (Å²) in [6, 6.07) is 15.6. The average molecular weight is 429 g/mol. The number of carbonyl (C=O) groups excluding carboxylic acids is 1. The maximum Gasteiger partial charge on any atom is 0.271 e. The Hall–Kier alpha value is -2.34. The van der Waals surface area contributed by atoms with Gasteiger partial charge in [0.25, 0.3) is 5.91 Å². The zero-order valence-corrected chi connectivity index (χ0v) is 17.7. The van der Waals surface area contributed by atoms with Crippen LogP contribution in [-0.4, -0.2) is 52.1 Å². The van der Waals surface area contributed by atoms with Gasteiger partial charge in [0.1, 0.15) is 5.69 Å². The normalized spacial score (nSPS) is 14.9. The van der Waals surface area contributed by atoms with E-state index in [1.54, 1.807) is 24.3 Å². The first-order valence-electron chi connectivity index (χ1n) is 9.57. The predicted octanol–water partition coefficient (Wildman–Crippen LogP) is 4.65. The van der Waals surface area contributed by atoms with Crippen molar-refractivity contribution in [1.29, 1.82) is 0 Å². The van der Waals surface area contributed by atoms with Crippen molar-refractivity contribution < 1.29 is 4.79 Å². The number of aromatic amines is 1. The molecule has 0 spiro atoms. The lowest BCUT2D eigenvalue weighted by Crippen LogP contribution is -2.48. The van der Waals surface area contributed by atoms with Crippen molar-refractivity contribution in [3.05, 3.63) is 75.4 Å². The third-order valence-corrected chi connectivity index (χ3v) is 5.75. The molecule has 3 aromatic rings. The van der Waals surface area contributed by atoms with Crippen molar-refractivity contribution in [3.63, 3.8) is 0 Å². The number of hydrogen-bond donors (Lipinski definition) is 1. The summed E-state index contributed by atoms with van der Waals surface area (Å²) < 4.78 is 0. The van der Waals surface area contributed by atoms with Gasteiger partial charge in [0.15, 0.2) is 0 Å². The van der Waals surface area contributed by atoms with E-state index in [0.29, 0.717) is 34.5 Å². The maximum absolute atomic E-state index is 12.9. The Labute approximate surface area is 180 Å². The van der Waals surface area contributed by atoms with Gasteiger partial charge in [0.2, 0.25) is 0 Å². The molecule has 29 heavy (non-hydrogen) atoms. The van der Waals surface area contributed by atoms with Gasteiger partial charge >= 0.3 is 0 Å². The molecular formula is C22H22Cl2N4O. The van der Waals surface area contributed by atoms with Gasteiger partial charge in [-0.2, -0.15) is 5.10 Å². The third kappa shape index (κ3) is 4.64. The van der Waals surface area contributed by atoms with E-state index in [1.165, 1.54) is 11.1 Å². The Morgan fingerprint density at radius 3 is 2.45 bits per heavy atom. The van der Waals surface area contributed by atoms with Crippen LogP contribution in [0.4, 0.5) is 0 Å². The van der Waals surface area contributed by atoms with Crippen molar-refractivity contribution >= 4 is 29.1 Å². The predicted molar refractivity (Wildman–Crippen MR) is 116 cm³/mol. The molecule has 0 aliphatic carbocycles. The molecule has 4 rings (SSSR count). The number of nitrogens with zero attached hydrogens (tertiary/aromatic N) is 3. The van der Waals surface area contributed by atoms with E-state index in [-0.39, 0.29) is 5.91 Å². The summed E-state index contributed by atoms with van der Waals surface area (Å²) in [6.45, 7) is 6.09. The molecule has 0 unspecified atom stereocenters. The first-order valence-corrected chi connectivity index (χ1v) is 10.3. The van der Waals surface area contributed by atoms with Gasteiger partial charge in [-0.05, 0) is 36.8 Å². The summed E-state index contributed by atoms with van der Waals surface area (Å²) >= 11 is 12.2. The summed E-state index contributed by atoms with van der Waals surface area (Å²) in [6.07, 6.45) is 0. The topological polar surface area (TPSA) is 52.2 Å². The van der Waals surface area contributed by atoms with E-state index in [1.807, 2.05) is 4.90 Å². The number of carbonyl (C=O) groups is 1. The highest BCUT2D eigenvalue weighted by atomic mass is 35.5. The minimum atomic E-state index is -0.0381. The molecule has 0 atom stereocenters. The molecule has 0 saturated carbocycles. The highest BCUT2D eigenvalue weighted by molar-refractivity contribution is 6.36. The highest BCUT2D eigenvalue weighted by Gasteiger charge is 2.24. The van der Waals surface area contributed by atoms with Crippen molar-refractivity contribution in [3.8, 4) is 11.3 Å². The minimum absolute atomic E-state index is 0.0381. The van der Waals surface area contributed by atoms with Crippen LogP contribution in [0, 0.1) is 6.92 Å². The summed E-state index contributed by atoms with van der Waals surface area (Å²) in [5.41, 5.74) is 4.41. The van der Waals surface area contributed by atoms with Crippen molar-refractivity contribution in [2.24, 2.45) is 0 Å². The smallest absolute Gasteiger partial charge is 0.271 e. The molecule has 1 aromatic heterocycles. The summed E-state index contributed by atoms with van der Waals surface area (Å²) in [5, 5.41) is 8.18. The van der Waals surface area contributed by atoms with Gasteiger partial charge in [-0.25, -0.2) is 0 Å². The number of H-pyrrole nitrogens is 1. The van der Waals surface area contributed by atoms with Gasteiger partial charge in [0, 0.05) is 43.3 Å².